The van der Waals surface area contributed by atoms with Crippen molar-refractivity contribution in [1.82, 2.24) is 19.3 Å². The van der Waals surface area contributed by atoms with Crippen molar-refractivity contribution in [2.45, 2.75) is 26.4 Å². The molecule has 8 heteroatoms. The summed E-state index contributed by atoms with van der Waals surface area (Å²) in [6.45, 7) is 2.33. The SMILES string of the molecule is CCCn1c(=O)c2ccccc2n(Cc2nc(-c3ccccc3OC)no2)c1=O. The normalized spacial score (nSPS) is 11.1. The standard InChI is InChI=1S/C21H20N4O4/c1-3-12-24-20(26)14-8-4-6-10-16(14)25(21(24)27)13-18-22-19(23-29-18)15-9-5-7-11-17(15)28-2/h4-11H,3,12-13H2,1-2H3. The van der Waals surface area contributed by atoms with Crippen molar-refractivity contribution in [2.24, 2.45) is 0 Å². The van der Waals surface area contributed by atoms with Crippen molar-refractivity contribution >= 4 is 10.9 Å². The zero-order valence-electron chi connectivity index (χ0n) is 16.2. The van der Waals surface area contributed by atoms with E-state index in [0.717, 1.165) is 0 Å². The molecule has 0 saturated heterocycles. The molecule has 0 saturated carbocycles. The molecule has 0 amide bonds. The zero-order valence-corrected chi connectivity index (χ0v) is 16.2. The molecule has 4 aromatic rings. The monoisotopic (exact) mass is 392 g/mol. The molecular weight excluding hydrogens is 372 g/mol. The second-order valence-electron chi connectivity index (χ2n) is 6.55. The minimum Gasteiger partial charge on any atom is -0.496 e. The van der Waals surface area contributed by atoms with Gasteiger partial charge in [-0.2, -0.15) is 4.98 Å². The highest BCUT2D eigenvalue weighted by molar-refractivity contribution is 5.77. The summed E-state index contributed by atoms with van der Waals surface area (Å²) in [4.78, 5) is 30.1. The van der Waals surface area contributed by atoms with Crippen LogP contribution in [0.15, 0.2) is 62.6 Å². The van der Waals surface area contributed by atoms with Gasteiger partial charge in [0, 0.05) is 6.54 Å². The average Bonchev–Trinajstić information content (AvgIpc) is 3.22. The fourth-order valence-electron chi connectivity index (χ4n) is 3.34. The highest BCUT2D eigenvalue weighted by Crippen LogP contribution is 2.27. The van der Waals surface area contributed by atoms with Gasteiger partial charge in [0.2, 0.25) is 11.7 Å². The molecule has 0 fully saturated rings. The van der Waals surface area contributed by atoms with E-state index in [1.54, 1.807) is 31.4 Å². The molecule has 0 aliphatic heterocycles. The molecule has 0 N–H and O–H groups in total. The summed E-state index contributed by atoms with van der Waals surface area (Å²) in [5.41, 5.74) is 0.543. The maximum absolute atomic E-state index is 13.0. The number of fused-ring (bicyclic) bond motifs is 1. The van der Waals surface area contributed by atoms with Crippen molar-refractivity contribution in [3.8, 4) is 17.1 Å². The second-order valence-corrected chi connectivity index (χ2v) is 6.55. The third-order valence-corrected chi connectivity index (χ3v) is 4.69. The van der Waals surface area contributed by atoms with E-state index in [4.69, 9.17) is 9.26 Å². The Balaban J connectivity index is 1.81. The number of para-hydroxylation sites is 2. The van der Waals surface area contributed by atoms with Crippen molar-refractivity contribution in [1.29, 1.82) is 0 Å². The number of rotatable bonds is 6. The van der Waals surface area contributed by atoms with Crippen LogP contribution in [0.3, 0.4) is 0 Å². The van der Waals surface area contributed by atoms with E-state index in [-0.39, 0.29) is 18.0 Å². The smallest absolute Gasteiger partial charge is 0.331 e. The third-order valence-electron chi connectivity index (χ3n) is 4.69. The molecule has 4 rings (SSSR count). The summed E-state index contributed by atoms with van der Waals surface area (Å²) < 4.78 is 13.5. The first kappa shape index (κ1) is 18.7. The lowest BCUT2D eigenvalue weighted by atomic mass is 10.2. The summed E-state index contributed by atoms with van der Waals surface area (Å²) in [6.07, 6.45) is 0.673. The number of methoxy groups -OCH3 is 1. The Morgan fingerprint density at radius 1 is 1.03 bits per heavy atom. The van der Waals surface area contributed by atoms with Crippen LogP contribution in [-0.2, 0) is 13.1 Å². The quantitative estimate of drug-likeness (QED) is 0.501. The van der Waals surface area contributed by atoms with Crippen molar-refractivity contribution in [2.75, 3.05) is 7.11 Å². The number of benzene rings is 2. The summed E-state index contributed by atoms with van der Waals surface area (Å²) >= 11 is 0. The van der Waals surface area contributed by atoms with Crippen molar-refractivity contribution in [3.05, 3.63) is 75.3 Å². The average molecular weight is 392 g/mol. The lowest BCUT2D eigenvalue weighted by molar-refractivity contribution is 0.368. The van der Waals surface area contributed by atoms with Gasteiger partial charge in [0.15, 0.2) is 0 Å². The lowest BCUT2D eigenvalue weighted by Crippen LogP contribution is -2.40. The van der Waals surface area contributed by atoms with Gasteiger partial charge in [0.1, 0.15) is 12.3 Å². The van der Waals surface area contributed by atoms with Gasteiger partial charge in [-0.25, -0.2) is 4.79 Å². The van der Waals surface area contributed by atoms with Crippen molar-refractivity contribution < 1.29 is 9.26 Å². The highest BCUT2D eigenvalue weighted by atomic mass is 16.5. The van der Waals surface area contributed by atoms with E-state index in [2.05, 4.69) is 10.1 Å². The van der Waals surface area contributed by atoms with E-state index < -0.39 is 5.69 Å². The van der Waals surface area contributed by atoms with Gasteiger partial charge >= 0.3 is 5.69 Å². The molecule has 2 aromatic heterocycles. The maximum atomic E-state index is 13.0. The van der Waals surface area contributed by atoms with Gasteiger partial charge in [-0.15, -0.1) is 0 Å². The molecule has 0 spiro atoms. The first-order chi connectivity index (χ1) is 14.1. The largest absolute Gasteiger partial charge is 0.496 e. The predicted molar refractivity (Wildman–Crippen MR) is 108 cm³/mol. The van der Waals surface area contributed by atoms with Gasteiger partial charge < -0.3 is 9.26 Å². The van der Waals surface area contributed by atoms with Gasteiger partial charge in [-0.05, 0) is 30.7 Å². The Bertz CT molecular complexity index is 1290. The number of hydrogen-bond donors (Lipinski definition) is 0. The topological polar surface area (TPSA) is 92.2 Å². The third kappa shape index (κ3) is 3.33. The first-order valence-electron chi connectivity index (χ1n) is 9.32. The van der Waals surface area contributed by atoms with E-state index in [0.29, 0.717) is 41.0 Å². The fraction of sp³-hybridized carbons (Fsp3) is 0.238. The van der Waals surface area contributed by atoms with Crippen LogP contribution in [0, 0.1) is 0 Å². The summed E-state index contributed by atoms with van der Waals surface area (Å²) in [5, 5.41) is 4.50. The molecule has 0 bridgehead atoms. The lowest BCUT2D eigenvalue weighted by Gasteiger charge is -2.12. The molecule has 2 aromatic carbocycles. The summed E-state index contributed by atoms with van der Waals surface area (Å²) in [5.74, 6) is 1.26. The van der Waals surface area contributed by atoms with E-state index in [1.807, 2.05) is 31.2 Å². The van der Waals surface area contributed by atoms with E-state index in [9.17, 15) is 9.59 Å². The molecule has 8 nitrogen and oxygen atoms in total. The molecular formula is C21H20N4O4. The Labute approximate surface area is 166 Å². The maximum Gasteiger partial charge on any atom is 0.331 e. The van der Waals surface area contributed by atoms with Crippen molar-refractivity contribution in [3.63, 3.8) is 0 Å². The van der Waals surface area contributed by atoms with Crippen LogP contribution in [0.1, 0.15) is 19.2 Å². The van der Waals surface area contributed by atoms with Gasteiger partial charge in [-0.3, -0.25) is 13.9 Å². The molecule has 0 atom stereocenters. The van der Waals surface area contributed by atoms with Crippen LogP contribution in [0.25, 0.3) is 22.3 Å². The first-order valence-corrected chi connectivity index (χ1v) is 9.32. The van der Waals surface area contributed by atoms with E-state index in [1.165, 1.54) is 9.13 Å². The second kappa shape index (κ2) is 7.75. The highest BCUT2D eigenvalue weighted by Gasteiger charge is 2.17. The van der Waals surface area contributed by atoms with Crippen LogP contribution in [0.5, 0.6) is 5.75 Å². The van der Waals surface area contributed by atoms with Crippen LogP contribution >= 0.6 is 0 Å². The van der Waals surface area contributed by atoms with Crippen LogP contribution in [0.2, 0.25) is 0 Å². The minimum absolute atomic E-state index is 0.0610. The Kier molecular flexibility index (Phi) is 4.99. The van der Waals surface area contributed by atoms with E-state index >= 15 is 0 Å². The van der Waals surface area contributed by atoms with Crippen LogP contribution in [-0.4, -0.2) is 26.4 Å². The predicted octanol–water partition coefficient (Wildman–Crippen LogP) is 2.68. The number of hydrogen-bond acceptors (Lipinski definition) is 6. The summed E-state index contributed by atoms with van der Waals surface area (Å²) in [6, 6.07) is 14.4. The molecule has 0 radical (unpaired) electrons. The number of aromatic nitrogens is 4. The van der Waals surface area contributed by atoms with Gasteiger partial charge in [-0.1, -0.05) is 36.3 Å². The Morgan fingerprint density at radius 3 is 2.59 bits per heavy atom. The molecule has 0 unspecified atom stereocenters. The molecule has 0 aliphatic rings. The fourth-order valence-corrected chi connectivity index (χ4v) is 3.34. The number of nitrogens with zero attached hydrogens (tertiary/aromatic N) is 4. The Hall–Kier alpha value is -3.68. The zero-order chi connectivity index (χ0) is 20.4. The summed E-state index contributed by atoms with van der Waals surface area (Å²) in [7, 11) is 1.57. The van der Waals surface area contributed by atoms with Crippen LogP contribution < -0.4 is 16.0 Å². The number of ether oxygens (including phenoxy) is 1. The van der Waals surface area contributed by atoms with Gasteiger partial charge in [0.05, 0.1) is 23.6 Å². The minimum atomic E-state index is -0.396. The molecule has 0 aliphatic carbocycles. The Morgan fingerprint density at radius 2 is 1.79 bits per heavy atom. The molecule has 2 heterocycles. The molecule has 148 valence electrons. The van der Waals surface area contributed by atoms with Gasteiger partial charge in [0.25, 0.3) is 5.56 Å². The van der Waals surface area contributed by atoms with Crippen LogP contribution in [0.4, 0.5) is 0 Å². The molecule has 29 heavy (non-hydrogen) atoms.